The van der Waals surface area contributed by atoms with Crippen LogP contribution in [0.25, 0.3) is 0 Å². The van der Waals surface area contributed by atoms with Crippen LogP contribution in [0.1, 0.15) is 10.4 Å². The van der Waals surface area contributed by atoms with Gasteiger partial charge in [-0.2, -0.15) is 0 Å². The highest BCUT2D eigenvalue weighted by molar-refractivity contribution is 7.99. The lowest BCUT2D eigenvalue weighted by Gasteiger charge is -2.04. The van der Waals surface area contributed by atoms with Crippen LogP contribution in [0.5, 0.6) is 0 Å². The lowest BCUT2D eigenvalue weighted by molar-refractivity contribution is 0.101. The van der Waals surface area contributed by atoms with E-state index < -0.39 is 4.84 Å². The van der Waals surface area contributed by atoms with Crippen molar-refractivity contribution in [1.29, 1.82) is 0 Å². The first-order chi connectivity index (χ1) is 8.66. The van der Waals surface area contributed by atoms with E-state index >= 15 is 0 Å². The van der Waals surface area contributed by atoms with Crippen molar-refractivity contribution in [2.45, 2.75) is 14.6 Å². The van der Waals surface area contributed by atoms with Gasteiger partial charge in [0.05, 0.1) is 0 Å². The van der Waals surface area contributed by atoms with Crippen LogP contribution < -0.4 is 0 Å². The molecule has 0 aliphatic rings. The predicted octanol–water partition coefficient (Wildman–Crippen LogP) is 4.82. The minimum absolute atomic E-state index is 0.269. The fraction of sp³-hybridized carbons (Fsp3) is 0.0714. The molecule has 1 nitrogen and oxygen atoms in total. The van der Waals surface area contributed by atoms with Crippen LogP contribution in [0.3, 0.4) is 0 Å². The Morgan fingerprint density at radius 3 is 2.00 bits per heavy atom. The van der Waals surface area contributed by atoms with Gasteiger partial charge in [0, 0.05) is 15.4 Å². The Kier molecular flexibility index (Phi) is 4.70. The molecule has 92 valence electrons. The number of hydrogen-bond donors (Lipinski definition) is 0. The van der Waals surface area contributed by atoms with Crippen LogP contribution in [0.4, 0.5) is 0 Å². The molecule has 0 spiro atoms. The van der Waals surface area contributed by atoms with Crippen molar-refractivity contribution in [2.24, 2.45) is 0 Å². The Bertz CT molecular complexity index is 523. The average Bonchev–Trinajstić information content (AvgIpc) is 2.40. The SMILES string of the molecule is O=C(c1ccc(Sc2ccccc2)cc1)C(Cl)Cl. The van der Waals surface area contributed by atoms with E-state index in [1.54, 1.807) is 23.9 Å². The molecule has 0 aliphatic carbocycles. The maximum atomic E-state index is 11.5. The Hall–Kier alpha value is -0.960. The van der Waals surface area contributed by atoms with E-state index in [4.69, 9.17) is 23.2 Å². The molecule has 2 aromatic carbocycles. The monoisotopic (exact) mass is 296 g/mol. The molecule has 2 aromatic rings. The van der Waals surface area contributed by atoms with Crippen LogP contribution in [0.2, 0.25) is 0 Å². The standard InChI is InChI=1S/C14H10Cl2OS/c15-14(16)13(17)10-6-8-12(9-7-10)18-11-4-2-1-3-5-11/h1-9,14H. The summed E-state index contributed by atoms with van der Waals surface area (Å²) in [7, 11) is 0. The normalized spacial score (nSPS) is 10.6. The zero-order valence-corrected chi connectivity index (χ0v) is 11.7. The van der Waals surface area contributed by atoms with E-state index in [-0.39, 0.29) is 5.78 Å². The van der Waals surface area contributed by atoms with Crippen LogP contribution in [-0.2, 0) is 0 Å². The van der Waals surface area contributed by atoms with E-state index in [1.165, 1.54) is 0 Å². The number of hydrogen-bond acceptors (Lipinski definition) is 2. The van der Waals surface area contributed by atoms with Crippen molar-refractivity contribution in [3.63, 3.8) is 0 Å². The molecule has 0 aliphatic heterocycles. The maximum Gasteiger partial charge on any atom is 0.195 e. The first-order valence-corrected chi connectivity index (χ1v) is 7.01. The van der Waals surface area contributed by atoms with Crippen molar-refractivity contribution in [1.82, 2.24) is 0 Å². The molecule has 0 atom stereocenters. The molecule has 0 amide bonds. The second-order valence-electron chi connectivity index (χ2n) is 3.60. The highest BCUT2D eigenvalue weighted by atomic mass is 35.5. The zero-order chi connectivity index (χ0) is 13.0. The lowest BCUT2D eigenvalue weighted by atomic mass is 10.1. The van der Waals surface area contributed by atoms with E-state index in [0.29, 0.717) is 5.56 Å². The molecule has 0 unspecified atom stereocenters. The number of benzene rings is 2. The summed E-state index contributed by atoms with van der Waals surface area (Å²) in [6.07, 6.45) is 0. The van der Waals surface area contributed by atoms with Crippen molar-refractivity contribution < 1.29 is 4.79 Å². The van der Waals surface area contributed by atoms with E-state index in [1.807, 2.05) is 42.5 Å². The molecule has 0 fully saturated rings. The van der Waals surface area contributed by atoms with Gasteiger partial charge >= 0.3 is 0 Å². The van der Waals surface area contributed by atoms with E-state index in [9.17, 15) is 4.79 Å². The molecule has 0 bridgehead atoms. The van der Waals surface area contributed by atoms with Gasteiger partial charge < -0.3 is 0 Å². The molecule has 0 aromatic heterocycles. The quantitative estimate of drug-likeness (QED) is 0.594. The Morgan fingerprint density at radius 2 is 1.44 bits per heavy atom. The van der Waals surface area contributed by atoms with Crippen molar-refractivity contribution in [3.8, 4) is 0 Å². The number of carbonyl (C=O) groups is 1. The van der Waals surface area contributed by atoms with E-state index in [0.717, 1.165) is 9.79 Å². The number of rotatable bonds is 4. The van der Waals surface area contributed by atoms with Crippen LogP contribution in [-0.4, -0.2) is 10.6 Å². The first-order valence-electron chi connectivity index (χ1n) is 5.32. The first kappa shape index (κ1) is 13.5. The third kappa shape index (κ3) is 3.52. The van der Waals surface area contributed by atoms with Crippen molar-refractivity contribution >= 4 is 40.7 Å². The number of alkyl halides is 2. The Morgan fingerprint density at radius 1 is 0.889 bits per heavy atom. The van der Waals surface area contributed by atoms with Gasteiger partial charge in [-0.25, -0.2) is 0 Å². The van der Waals surface area contributed by atoms with Gasteiger partial charge in [0.2, 0.25) is 0 Å². The Labute approximate surface area is 120 Å². The molecule has 0 N–H and O–H groups in total. The molecule has 0 radical (unpaired) electrons. The predicted molar refractivity (Wildman–Crippen MR) is 76.8 cm³/mol. The fourth-order valence-corrected chi connectivity index (χ4v) is 2.53. The Balaban J connectivity index is 2.11. The summed E-state index contributed by atoms with van der Waals surface area (Å²) < 4.78 is 0. The summed E-state index contributed by atoms with van der Waals surface area (Å²) in [5.74, 6) is -0.269. The van der Waals surface area contributed by atoms with Crippen molar-refractivity contribution in [2.75, 3.05) is 0 Å². The molecule has 0 saturated heterocycles. The van der Waals surface area contributed by atoms with Gasteiger partial charge in [-0.1, -0.05) is 65.3 Å². The number of carbonyl (C=O) groups excluding carboxylic acids is 1. The summed E-state index contributed by atoms with van der Waals surface area (Å²) in [4.78, 5) is 12.8. The maximum absolute atomic E-state index is 11.5. The van der Waals surface area contributed by atoms with Crippen LogP contribution >= 0.6 is 35.0 Å². The van der Waals surface area contributed by atoms with Gasteiger partial charge in [-0.05, 0) is 24.3 Å². The number of ketones is 1. The summed E-state index contributed by atoms with van der Waals surface area (Å²) >= 11 is 12.7. The summed E-state index contributed by atoms with van der Waals surface area (Å²) in [6, 6.07) is 17.3. The number of halogens is 2. The van der Waals surface area contributed by atoms with Crippen molar-refractivity contribution in [3.05, 3.63) is 60.2 Å². The molecular formula is C14H10Cl2OS. The number of Topliss-reactive ketones (excluding diaryl/α,β-unsaturated/α-hetero) is 1. The molecular weight excluding hydrogens is 287 g/mol. The smallest absolute Gasteiger partial charge is 0.195 e. The molecule has 0 heterocycles. The minimum atomic E-state index is -1.00. The second kappa shape index (κ2) is 6.28. The highest BCUT2D eigenvalue weighted by Gasteiger charge is 2.13. The fourth-order valence-electron chi connectivity index (χ4n) is 1.44. The van der Waals surface area contributed by atoms with Crippen LogP contribution in [0.15, 0.2) is 64.4 Å². The summed E-state index contributed by atoms with van der Waals surface area (Å²) in [5.41, 5.74) is 0.530. The van der Waals surface area contributed by atoms with Gasteiger partial charge in [-0.15, -0.1) is 0 Å². The zero-order valence-electron chi connectivity index (χ0n) is 9.35. The largest absolute Gasteiger partial charge is 0.291 e. The molecule has 18 heavy (non-hydrogen) atoms. The van der Waals surface area contributed by atoms with Gasteiger partial charge in [-0.3, -0.25) is 4.79 Å². The van der Waals surface area contributed by atoms with Crippen LogP contribution in [0, 0.1) is 0 Å². The van der Waals surface area contributed by atoms with E-state index in [2.05, 4.69) is 0 Å². The lowest BCUT2D eigenvalue weighted by Crippen LogP contribution is -2.07. The summed E-state index contributed by atoms with van der Waals surface area (Å²) in [5, 5.41) is 0. The topological polar surface area (TPSA) is 17.1 Å². The second-order valence-corrected chi connectivity index (χ2v) is 5.85. The highest BCUT2D eigenvalue weighted by Crippen LogP contribution is 2.27. The molecule has 4 heteroatoms. The third-order valence-corrected chi connectivity index (χ3v) is 3.73. The van der Waals surface area contributed by atoms with Gasteiger partial charge in [0.1, 0.15) is 0 Å². The minimum Gasteiger partial charge on any atom is -0.291 e. The molecule has 2 rings (SSSR count). The average molecular weight is 297 g/mol. The molecule has 0 saturated carbocycles. The summed E-state index contributed by atoms with van der Waals surface area (Å²) in [6.45, 7) is 0. The third-order valence-electron chi connectivity index (χ3n) is 2.32. The van der Waals surface area contributed by atoms with Gasteiger partial charge in [0.15, 0.2) is 10.6 Å². The van der Waals surface area contributed by atoms with Gasteiger partial charge in [0.25, 0.3) is 0 Å².